The van der Waals surface area contributed by atoms with Gasteiger partial charge >= 0.3 is 5.97 Å². The van der Waals surface area contributed by atoms with E-state index in [0.717, 1.165) is 0 Å². The van der Waals surface area contributed by atoms with Crippen LogP contribution in [0.3, 0.4) is 0 Å². The van der Waals surface area contributed by atoms with Crippen LogP contribution in [0, 0.1) is 10.1 Å². The molecule has 3 rings (SSSR count). The molecule has 2 aromatic carbocycles. The molecule has 0 spiro atoms. The van der Waals surface area contributed by atoms with Gasteiger partial charge < -0.3 is 14.8 Å². The van der Waals surface area contributed by atoms with Gasteiger partial charge in [-0.05, 0) is 25.1 Å². The second kappa shape index (κ2) is 8.86. The van der Waals surface area contributed by atoms with E-state index in [2.05, 4.69) is 10.4 Å². The molecule has 0 fully saturated rings. The summed E-state index contributed by atoms with van der Waals surface area (Å²) >= 11 is 0. The van der Waals surface area contributed by atoms with Crippen LogP contribution in [0.2, 0.25) is 0 Å². The molecule has 0 bridgehead atoms. The van der Waals surface area contributed by atoms with E-state index in [9.17, 15) is 19.7 Å². The number of para-hydroxylation sites is 3. The average molecular weight is 410 g/mol. The van der Waals surface area contributed by atoms with Gasteiger partial charge in [-0.25, -0.2) is 9.48 Å². The Bertz CT molecular complexity index is 1080. The Balaban J connectivity index is 1.73. The van der Waals surface area contributed by atoms with Crippen molar-refractivity contribution in [1.29, 1.82) is 0 Å². The number of ether oxygens (including phenoxy) is 2. The number of hydrogen-bond acceptors (Lipinski definition) is 7. The first-order valence-electron chi connectivity index (χ1n) is 8.85. The van der Waals surface area contributed by atoms with E-state index in [1.807, 2.05) is 18.2 Å². The fourth-order valence-electron chi connectivity index (χ4n) is 2.60. The number of benzene rings is 2. The topological polar surface area (TPSA) is 126 Å². The Hall–Kier alpha value is -4.21. The highest BCUT2D eigenvalue weighted by Gasteiger charge is 2.26. The van der Waals surface area contributed by atoms with E-state index >= 15 is 0 Å². The van der Waals surface area contributed by atoms with Crippen molar-refractivity contribution >= 4 is 23.3 Å². The molecule has 30 heavy (non-hydrogen) atoms. The summed E-state index contributed by atoms with van der Waals surface area (Å²) in [4.78, 5) is 35.4. The zero-order valence-corrected chi connectivity index (χ0v) is 16.1. The highest BCUT2D eigenvalue weighted by atomic mass is 16.6. The van der Waals surface area contributed by atoms with Crippen molar-refractivity contribution in [3.05, 3.63) is 76.6 Å². The van der Waals surface area contributed by atoms with Gasteiger partial charge in [0.2, 0.25) is 5.69 Å². The minimum absolute atomic E-state index is 0.00124. The van der Waals surface area contributed by atoms with E-state index in [1.165, 1.54) is 43.1 Å². The number of carbonyl (C=O) groups excluding carboxylic acids is 2. The number of nitrogens with zero attached hydrogens (tertiary/aromatic N) is 3. The molecule has 1 heterocycles. The first-order valence-corrected chi connectivity index (χ1v) is 8.85. The van der Waals surface area contributed by atoms with E-state index in [-0.39, 0.29) is 22.8 Å². The molecule has 3 aromatic rings. The number of amides is 1. The van der Waals surface area contributed by atoms with Crippen LogP contribution in [-0.2, 0) is 9.53 Å². The number of carbonyl (C=O) groups is 2. The van der Waals surface area contributed by atoms with Gasteiger partial charge in [-0.1, -0.05) is 30.3 Å². The van der Waals surface area contributed by atoms with Crippen LogP contribution in [0.15, 0.2) is 60.8 Å². The van der Waals surface area contributed by atoms with Gasteiger partial charge in [-0.2, -0.15) is 5.10 Å². The van der Waals surface area contributed by atoms with E-state index in [4.69, 9.17) is 9.47 Å². The molecule has 1 amide bonds. The number of anilines is 1. The summed E-state index contributed by atoms with van der Waals surface area (Å²) in [6.07, 6.45) is 0.285. The maximum absolute atomic E-state index is 12.5. The van der Waals surface area contributed by atoms with Crippen LogP contribution in [0.5, 0.6) is 5.75 Å². The van der Waals surface area contributed by atoms with Crippen LogP contribution in [0.25, 0.3) is 5.69 Å². The lowest BCUT2D eigenvalue weighted by Gasteiger charge is -2.13. The molecule has 0 aliphatic carbocycles. The number of rotatable bonds is 7. The molecule has 154 valence electrons. The predicted molar refractivity (Wildman–Crippen MR) is 107 cm³/mol. The highest BCUT2D eigenvalue weighted by Crippen LogP contribution is 2.24. The normalized spacial score (nSPS) is 11.4. The van der Waals surface area contributed by atoms with Crippen molar-refractivity contribution in [2.45, 2.75) is 13.0 Å². The van der Waals surface area contributed by atoms with E-state index in [1.54, 1.807) is 18.2 Å². The molecule has 0 aliphatic rings. The van der Waals surface area contributed by atoms with Gasteiger partial charge in [0.05, 0.1) is 23.9 Å². The highest BCUT2D eigenvalue weighted by molar-refractivity contribution is 5.98. The van der Waals surface area contributed by atoms with Crippen molar-refractivity contribution < 1.29 is 24.0 Å². The zero-order chi connectivity index (χ0) is 21.7. The summed E-state index contributed by atoms with van der Waals surface area (Å²) in [5.74, 6) is -1.42. The van der Waals surface area contributed by atoms with Gasteiger partial charge in [0.15, 0.2) is 11.9 Å². The lowest BCUT2D eigenvalue weighted by molar-refractivity contribution is -0.383. The third-order valence-electron chi connectivity index (χ3n) is 4.13. The monoisotopic (exact) mass is 410 g/mol. The lowest BCUT2D eigenvalue weighted by Crippen LogP contribution is -2.30. The average Bonchev–Trinajstić information content (AvgIpc) is 3.19. The maximum atomic E-state index is 12.5. The summed E-state index contributed by atoms with van der Waals surface area (Å²) in [6.45, 7) is 1.35. The largest absolute Gasteiger partial charge is 0.493 e. The molecule has 0 saturated carbocycles. The summed E-state index contributed by atoms with van der Waals surface area (Å²) < 4.78 is 11.8. The number of methoxy groups -OCH3 is 1. The fourth-order valence-corrected chi connectivity index (χ4v) is 2.60. The zero-order valence-electron chi connectivity index (χ0n) is 16.1. The summed E-state index contributed by atoms with van der Waals surface area (Å²) in [5, 5.41) is 17.6. The Morgan fingerprint density at radius 3 is 2.47 bits per heavy atom. The molecule has 1 atom stereocenters. The number of aromatic nitrogens is 2. The van der Waals surface area contributed by atoms with Gasteiger partial charge in [0, 0.05) is 6.07 Å². The molecule has 1 N–H and O–H groups in total. The molecule has 10 heteroatoms. The van der Waals surface area contributed by atoms with Gasteiger partial charge in [0.25, 0.3) is 11.6 Å². The Morgan fingerprint density at radius 2 is 1.80 bits per heavy atom. The first-order chi connectivity index (χ1) is 14.4. The fraction of sp³-hybridized carbons (Fsp3) is 0.150. The quantitative estimate of drug-likeness (QED) is 0.360. The minimum atomic E-state index is -1.23. The van der Waals surface area contributed by atoms with Crippen LogP contribution in [-0.4, -0.2) is 39.8 Å². The molecule has 0 saturated heterocycles. The minimum Gasteiger partial charge on any atom is -0.493 e. The molecule has 1 unspecified atom stereocenters. The summed E-state index contributed by atoms with van der Waals surface area (Å²) in [7, 11) is 1.38. The van der Waals surface area contributed by atoms with Crippen molar-refractivity contribution in [1.82, 2.24) is 9.78 Å². The third kappa shape index (κ3) is 4.43. The van der Waals surface area contributed by atoms with Crippen molar-refractivity contribution in [3.8, 4) is 11.4 Å². The molecular weight excluding hydrogens is 392 g/mol. The summed E-state index contributed by atoms with van der Waals surface area (Å²) in [5.41, 5.74) is 0.331. The predicted octanol–water partition coefficient (Wildman–Crippen LogP) is 2.97. The van der Waals surface area contributed by atoms with Crippen LogP contribution >= 0.6 is 0 Å². The number of nitro benzene ring substituents is 1. The van der Waals surface area contributed by atoms with Crippen molar-refractivity contribution in [2.75, 3.05) is 12.4 Å². The summed E-state index contributed by atoms with van der Waals surface area (Å²) in [6, 6.07) is 14.7. The van der Waals surface area contributed by atoms with Crippen LogP contribution in [0.4, 0.5) is 11.4 Å². The molecule has 0 aliphatic heterocycles. The van der Waals surface area contributed by atoms with Crippen molar-refractivity contribution in [2.24, 2.45) is 0 Å². The Kier molecular flexibility index (Phi) is 6.06. The lowest BCUT2D eigenvalue weighted by atomic mass is 10.2. The molecule has 10 nitrogen and oxygen atoms in total. The Morgan fingerprint density at radius 1 is 1.13 bits per heavy atom. The Labute approximate surface area is 171 Å². The maximum Gasteiger partial charge on any atom is 0.363 e. The van der Waals surface area contributed by atoms with Crippen LogP contribution < -0.4 is 10.1 Å². The van der Waals surface area contributed by atoms with Gasteiger partial charge in [0.1, 0.15) is 5.69 Å². The second-order valence-electron chi connectivity index (χ2n) is 6.14. The van der Waals surface area contributed by atoms with E-state index in [0.29, 0.717) is 5.69 Å². The molecule has 1 aromatic heterocycles. The number of esters is 1. The molecule has 0 radical (unpaired) electrons. The number of hydrogen-bond donors (Lipinski definition) is 1. The molecular formula is C20H18N4O6. The first kappa shape index (κ1) is 20.5. The van der Waals surface area contributed by atoms with Gasteiger partial charge in [-0.15, -0.1) is 0 Å². The van der Waals surface area contributed by atoms with Gasteiger partial charge in [-0.3, -0.25) is 14.9 Å². The van der Waals surface area contributed by atoms with E-state index < -0.39 is 22.9 Å². The third-order valence-corrected chi connectivity index (χ3v) is 4.13. The SMILES string of the molecule is COc1cn(-c2ccccc2)nc1C(=O)OC(C)C(=O)Nc1ccccc1[N+](=O)[O-]. The number of nitrogens with one attached hydrogen (secondary N) is 1. The second-order valence-corrected chi connectivity index (χ2v) is 6.14. The van der Waals surface area contributed by atoms with Crippen LogP contribution in [0.1, 0.15) is 17.4 Å². The number of nitro groups is 1. The smallest absolute Gasteiger partial charge is 0.363 e. The standard InChI is InChI=1S/C20H18N4O6/c1-13(19(25)21-15-10-6-7-11-16(15)24(27)28)30-20(26)18-17(29-2)12-23(22-18)14-8-4-3-5-9-14/h3-13H,1-2H3,(H,21,25). The van der Waals surface area contributed by atoms with Crippen molar-refractivity contribution in [3.63, 3.8) is 0 Å².